The van der Waals surface area contributed by atoms with E-state index in [1.807, 2.05) is 6.07 Å². The van der Waals surface area contributed by atoms with Gasteiger partial charge in [-0.2, -0.15) is 8.78 Å². The average Bonchev–Trinajstić information content (AvgIpc) is 2.36. The standard InChI is InChI=1S/C14H13F2NO2/c1-8(13(17)18)9-2-3-11-7-12(19-14(15)16)5-4-10(11)6-9/h2-8,14H,1H3,(H2,17,18). The molecular formula is C14H13F2NO2. The quantitative estimate of drug-likeness (QED) is 0.923. The molecule has 2 aromatic rings. The van der Waals surface area contributed by atoms with Crippen LogP contribution >= 0.6 is 0 Å². The summed E-state index contributed by atoms with van der Waals surface area (Å²) >= 11 is 0. The highest BCUT2D eigenvalue weighted by atomic mass is 19.3. The smallest absolute Gasteiger partial charge is 0.387 e. The molecule has 2 rings (SSSR count). The molecule has 100 valence electrons. The molecule has 19 heavy (non-hydrogen) atoms. The van der Waals surface area contributed by atoms with Gasteiger partial charge in [-0.05, 0) is 35.4 Å². The molecule has 0 spiro atoms. The third kappa shape index (κ3) is 2.99. The fourth-order valence-corrected chi connectivity index (χ4v) is 1.85. The maximum atomic E-state index is 12.1. The minimum atomic E-state index is -2.84. The number of ether oxygens (including phenoxy) is 1. The van der Waals surface area contributed by atoms with Crippen LogP contribution in [-0.2, 0) is 4.79 Å². The second-order valence-electron chi connectivity index (χ2n) is 4.27. The van der Waals surface area contributed by atoms with Crippen LogP contribution < -0.4 is 10.5 Å². The lowest BCUT2D eigenvalue weighted by Gasteiger charge is -2.10. The van der Waals surface area contributed by atoms with E-state index < -0.39 is 12.5 Å². The average molecular weight is 265 g/mol. The third-order valence-corrected chi connectivity index (χ3v) is 2.99. The number of alkyl halides is 2. The fourth-order valence-electron chi connectivity index (χ4n) is 1.85. The van der Waals surface area contributed by atoms with Crippen LogP contribution in [0, 0.1) is 0 Å². The number of primary amides is 1. The van der Waals surface area contributed by atoms with Crippen molar-refractivity contribution in [3.8, 4) is 5.75 Å². The topological polar surface area (TPSA) is 52.3 Å². The molecule has 0 aliphatic heterocycles. The highest BCUT2D eigenvalue weighted by Gasteiger charge is 2.12. The van der Waals surface area contributed by atoms with E-state index in [0.29, 0.717) is 0 Å². The molecule has 1 atom stereocenters. The number of amides is 1. The van der Waals surface area contributed by atoms with Crippen molar-refractivity contribution in [3.63, 3.8) is 0 Å². The Morgan fingerprint density at radius 2 is 1.79 bits per heavy atom. The van der Waals surface area contributed by atoms with Gasteiger partial charge in [0.2, 0.25) is 5.91 Å². The van der Waals surface area contributed by atoms with Crippen molar-refractivity contribution in [1.82, 2.24) is 0 Å². The lowest BCUT2D eigenvalue weighted by Crippen LogP contribution is -2.18. The zero-order valence-electron chi connectivity index (χ0n) is 10.3. The maximum absolute atomic E-state index is 12.1. The van der Waals surface area contributed by atoms with E-state index in [-0.39, 0.29) is 11.7 Å². The van der Waals surface area contributed by atoms with Crippen molar-refractivity contribution < 1.29 is 18.3 Å². The zero-order valence-corrected chi connectivity index (χ0v) is 10.3. The molecule has 2 N–H and O–H groups in total. The van der Waals surface area contributed by atoms with Gasteiger partial charge in [0, 0.05) is 0 Å². The summed E-state index contributed by atoms with van der Waals surface area (Å²) in [6.45, 7) is -1.12. The molecule has 1 unspecified atom stereocenters. The summed E-state index contributed by atoms with van der Waals surface area (Å²) in [6, 6.07) is 9.99. The van der Waals surface area contributed by atoms with Gasteiger partial charge in [-0.15, -0.1) is 0 Å². The van der Waals surface area contributed by atoms with Gasteiger partial charge in [0.05, 0.1) is 5.92 Å². The second-order valence-corrected chi connectivity index (χ2v) is 4.27. The van der Waals surface area contributed by atoms with E-state index in [1.54, 1.807) is 25.1 Å². The summed E-state index contributed by atoms with van der Waals surface area (Å²) in [7, 11) is 0. The van der Waals surface area contributed by atoms with Crippen LogP contribution in [0.25, 0.3) is 10.8 Å². The summed E-state index contributed by atoms with van der Waals surface area (Å²) in [4.78, 5) is 11.1. The SMILES string of the molecule is CC(C(N)=O)c1ccc2cc(OC(F)F)ccc2c1. The van der Waals surface area contributed by atoms with Crippen LogP contribution in [0.2, 0.25) is 0 Å². The highest BCUT2D eigenvalue weighted by molar-refractivity contribution is 5.87. The molecule has 0 bridgehead atoms. The lowest BCUT2D eigenvalue weighted by molar-refractivity contribution is -0.119. The molecule has 0 heterocycles. The molecular weight excluding hydrogens is 252 g/mol. The number of carbonyl (C=O) groups excluding carboxylic acids is 1. The van der Waals surface area contributed by atoms with Gasteiger partial charge in [0.25, 0.3) is 0 Å². The number of halogens is 2. The Morgan fingerprint density at radius 3 is 2.42 bits per heavy atom. The fraction of sp³-hybridized carbons (Fsp3) is 0.214. The predicted octanol–water partition coefficient (Wildman–Crippen LogP) is 3.03. The molecule has 1 amide bonds. The molecule has 0 aliphatic carbocycles. The van der Waals surface area contributed by atoms with Crippen molar-refractivity contribution in [3.05, 3.63) is 42.0 Å². The van der Waals surface area contributed by atoms with Crippen molar-refractivity contribution >= 4 is 16.7 Å². The minimum absolute atomic E-state index is 0.109. The second kappa shape index (κ2) is 5.22. The van der Waals surface area contributed by atoms with Crippen molar-refractivity contribution in [2.24, 2.45) is 5.73 Å². The Balaban J connectivity index is 2.37. The Kier molecular flexibility index (Phi) is 3.64. The Labute approximate surface area is 109 Å². The lowest BCUT2D eigenvalue weighted by atomic mass is 9.97. The number of hydrogen-bond donors (Lipinski definition) is 1. The summed E-state index contributed by atoms with van der Waals surface area (Å²) in [5, 5.41) is 1.60. The maximum Gasteiger partial charge on any atom is 0.387 e. The van der Waals surface area contributed by atoms with E-state index in [4.69, 9.17) is 5.73 Å². The minimum Gasteiger partial charge on any atom is -0.435 e. The van der Waals surface area contributed by atoms with E-state index in [0.717, 1.165) is 16.3 Å². The first kappa shape index (κ1) is 13.3. The molecule has 0 saturated heterocycles. The number of rotatable bonds is 4. The molecule has 0 radical (unpaired) electrons. The van der Waals surface area contributed by atoms with Crippen molar-refractivity contribution in [2.75, 3.05) is 0 Å². The number of fused-ring (bicyclic) bond motifs is 1. The monoisotopic (exact) mass is 265 g/mol. The van der Waals surface area contributed by atoms with E-state index in [9.17, 15) is 13.6 Å². The molecule has 0 saturated carbocycles. The molecule has 0 aromatic heterocycles. The largest absolute Gasteiger partial charge is 0.435 e. The molecule has 0 aliphatic rings. The highest BCUT2D eigenvalue weighted by Crippen LogP contribution is 2.25. The first-order valence-electron chi connectivity index (χ1n) is 5.75. The van der Waals surface area contributed by atoms with E-state index >= 15 is 0 Å². The van der Waals surface area contributed by atoms with E-state index in [1.165, 1.54) is 12.1 Å². The van der Waals surface area contributed by atoms with Gasteiger partial charge in [-0.25, -0.2) is 0 Å². The van der Waals surface area contributed by atoms with Crippen LogP contribution in [0.4, 0.5) is 8.78 Å². The molecule has 5 heteroatoms. The predicted molar refractivity (Wildman–Crippen MR) is 68.2 cm³/mol. The van der Waals surface area contributed by atoms with E-state index in [2.05, 4.69) is 4.74 Å². The molecule has 2 aromatic carbocycles. The van der Waals surface area contributed by atoms with Gasteiger partial charge in [0.1, 0.15) is 5.75 Å². The van der Waals surface area contributed by atoms with Gasteiger partial charge < -0.3 is 10.5 Å². The zero-order chi connectivity index (χ0) is 14.0. The van der Waals surface area contributed by atoms with Crippen LogP contribution in [0.3, 0.4) is 0 Å². The number of nitrogens with two attached hydrogens (primary N) is 1. The normalized spacial score (nSPS) is 12.6. The van der Waals surface area contributed by atoms with Gasteiger partial charge >= 0.3 is 6.61 Å². The third-order valence-electron chi connectivity index (χ3n) is 2.99. The Hall–Kier alpha value is -2.17. The Morgan fingerprint density at radius 1 is 1.16 bits per heavy atom. The van der Waals surface area contributed by atoms with Crippen LogP contribution in [0.1, 0.15) is 18.4 Å². The molecule has 3 nitrogen and oxygen atoms in total. The van der Waals surface area contributed by atoms with Crippen LogP contribution in [-0.4, -0.2) is 12.5 Å². The number of benzene rings is 2. The number of hydrogen-bond acceptors (Lipinski definition) is 2. The first-order chi connectivity index (χ1) is 8.97. The van der Waals surface area contributed by atoms with Gasteiger partial charge in [-0.1, -0.05) is 24.3 Å². The van der Waals surface area contributed by atoms with Crippen LogP contribution in [0.5, 0.6) is 5.75 Å². The van der Waals surface area contributed by atoms with Crippen molar-refractivity contribution in [2.45, 2.75) is 19.5 Å². The summed E-state index contributed by atoms with van der Waals surface area (Å²) in [6.07, 6.45) is 0. The Bertz CT molecular complexity index is 613. The summed E-state index contributed by atoms with van der Waals surface area (Å²) < 4.78 is 28.5. The van der Waals surface area contributed by atoms with Crippen molar-refractivity contribution in [1.29, 1.82) is 0 Å². The summed E-state index contributed by atoms with van der Waals surface area (Å²) in [5.74, 6) is -0.684. The first-order valence-corrected chi connectivity index (χ1v) is 5.75. The van der Waals surface area contributed by atoms with Crippen LogP contribution in [0.15, 0.2) is 36.4 Å². The van der Waals surface area contributed by atoms with Gasteiger partial charge in [-0.3, -0.25) is 4.79 Å². The summed E-state index contributed by atoms with van der Waals surface area (Å²) in [5.41, 5.74) is 6.04. The van der Waals surface area contributed by atoms with Gasteiger partial charge in [0.15, 0.2) is 0 Å². The molecule has 0 fully saturated rings. The number of carbonyl (C=O) groups is 1.